The lowest BCUT2D eigenvalue weighted by Gasteiger charge is -2.30. The third kappa shape index (κ3) is 3.28. The minimum atomic E-state index is -0.875. The van der Waals surface area contributed by atoms with E-state index in [1.165, 1.54) is 0 Å². The monoisotopic (exact) mass is 293 g/mol. The molecule has 5 heteroatoms. The van der Waals surface area contributed by atoms with Gasteiger partial charge in [0, 0.05) is 11.4 Å². The van der Waals surface area contributed by atoms with Gasteiger partial charge in [-0.3, -0.25) is 9.59 Å². The molecule has 0 aromatic carbocycles. The van der Waals surface area contributed by atoms with E-state index in [1.54, 1.807) is 16.2 Å². The van der Waals surface area contributed by atoms with Gasteiger partial charge in [-0.05, 0) is 31.2 Å². The van der Waals surface area contributed by atoms with Crippen molar-refractivity contribution in [3.05, 3.63) is 34.5 Å². The number of carbonyl (C=O) groups is 2. The highest BCUT2D eigenvalue weighted by Crippen LogP contribution is 2.28. The number of rotatable bonds is 5. The lowest BCUT2D eigenvalue weighted by Crippen LogP contribution is -2.41. The average Bonchev–Trinajstić information content (AvgIpc) is 2.97. The molecule has 2 atom stereocenters. The van der Waals surface area contributed by atoms with E-state index in [4.69, 9.17) is 0 Å². The Hall–Kier alpha value is -1.62. The van der Waals surface area contributed by atoms with Crippen LogP contribution in [0.2, 0.25) is 0 Å². The van der Waals surface area contributed by atoms with Gasteiger partial charge in [0.15, 0.2) is 0 Å². The van der Waals surface area contributed by atoms with Gasteiger partial charge in [0.05, 0.1) is 18.4 Å². The highest BCUT2D eigenvalue weighted by Gasteiger charge is 2.36. The SMILES string of the molecule is CCN(Cc1cccs1)C(=O)[C@@H]1CC=CC[C@@H]1C(=O)O. The van der Waals surface area contributed by atoms with E-state index in [9.17, 15) is 14.7 Å². The van der Waals surface area contributed by atoms with Crippen LogP contribution < -0.4 is 0 Å². The maximum absolute atomic E-state index is 12.6. The van der Waals surface area contributed by atoms with Gasteiger partial charge in [0.25, 0.3) is 0 Å². The molecule has 0 unspecified atom stereocenters. The molecule has 0 saturated carbocycles. The first-order valence-electron chi connectivity index (χ1n) is 6.82. The Morgan fingerprint density at radius 2 is 2.05 bits per heavy atom. The number of thiophene rings is 1. The summed E-state index contributed by atoms with van der Waals surface area (Å²) in [5, 5.41) is 11.2. The molecule has 2 rings (SSSR count). The minimum Gasteiger partial charge on any atom is -0.481 e. The van der Waals surface area contributed by atoms with Gasteiger partial charge in [0.2, 0.25) is 5.91 Å². The van der Waals surface area contributed by atoms with E-state index in [2.05, 4.69) is 0 Å². The second kappa shape index (κ2) is 6.70. The number of hydrogen-bond donors (Lipinski definition) is 1. The molecule has 0 fully saturated rings. The fourth-order valence-electron chi connectivity index (χ4n) is 2.53. The zero-order chi connectivity index (χ0) is 14.5. The summed E-state index contributed by atoms with van der Waals surface area (Å²) in [6, 6.07) is 3.96. The van der Waals surface area contributed by atoms with Gasteiger partial charge in [-0.2, -0.15) is 0 Å². The van der Waals surface area contributed by atoms with Crippen LogP contribution in [0.4, 0.5) is 0 Å². The molecule has 0 bridgehead atoms. The van der Waals surface area contributed by atoms with Gasteiger partial charge in [-0.25, -0.2) is 0 Å². The second-order valence-electron chi connectivity index (χ2n) is 4.93. The van der Waals surface area contributed by atoms with Crippen LogP contribution in [0.5, 0.6) is 0 Å². The Kier molecular flexibility index (Phi) is 4.95. The molecule has 108 valence electrons. The summed E-state index contributed by atoms with van der Waals surface area (Å²) < 4.78 is 0. The van der Waals surface area contributed by atoms with Crippen LogP contribution in [-0.4, -0.2) is 28.4 Å². The molecule has 0 aliphatic heterocycles. The molecule has 4 nitrogen and oxygen atoms in total. The zero-order valence-electron chi connectivity index (χ0n) is 11.5. The number of allylic oxidation sites excluding steroid dienone is 2. The van der Waals surface area contributed by atoms with Crippen LogP contribution in [0.1, 0.15) is 24.6 Å². The molecule has 1 amide bonds. The van der Waals surface area contributed by atoms with E-state index in [1.807, 2.05) is 36.6 Å². The summed E-state index contributed by atoms with van der Waals surface area (Å²) in [6.07, 6.45) is 4.75. The van der Waals surface area contributed by atoms with Crippen LogP contribution in [-0.2, 0) is 16.1 Å². The molecule has 1 aliphatic rings. The molecule has 0 spiro atoms. The van der Waals surface area contributed by atoms with Crippen molar-refractivity contribution in [2.45, 2.75) is 26.3 Å². The zero-order valence-corrected chi connectivity index (χ0v) is 12.3. The van der Waals surface area contributed by atoms with Gasteiger partial charge < -0.3 is 10.0 Å². The Bertz CT molecular complexity index is 495. The summed E-state index contributed by atoms with van der Waals surface area (Å²) in [5.74, 6) is -1.94. The molecular weight excluding hydrogens is 274 g/mol. The molecule has 0 radical (unpaired) electrons. The number of hydrogen-bond acceptors (Lipinski definition) is 3. The number of amides is 1. The van der Waals surface area contributed by atoms with E-state index >= 15 is 0 Å². The Labute approximate surface area is 122 Å². The standard InChI is InChI=1S/C15H19NO3S/c1-2-16(10-11-6-5-9-20-11)14(17)12-7-3-4-8-13(12)15(18)19/h3-6,9,12-13H,2,7-8,10H2,1H3,(H,18,19)/t12-,13+/m1/s1. The fourth-order valence-corrected chi connectivity index (χ4v) is 3.25. The molecule has 20 heavy (non-hydrogen) atoms. The third-order valence-electron chi connectivity index (χ3n) is 3.69. The molecule has 1 aromatic rings. The summed E-state index contributed by atoms with van der Waals surface area (Å²) >= 11 is 1.61. The van der Waals surface area contributed by atoms with Gasteiger partial charge in [-0.1, -0.05) is 18.2 Å². The van der Waals surface area contributed by atoms with Crippen molar-refractivity contribution in [2.24, 2.45) is 11.8 Å². The Morgan fingerprint density at radius 1 is 1.35 bits per heavy atom. The van der Waals surface area contributed by atoms with Gasteiger partial charge >= 0.3 is 5.97 Å². The highest BCUT2D eigenvalue weighted by molar-refractivity contribution is 7.09. The molecule has 1 N–H and O–H groups in total. The fraction of sp³-hybridized carbons (Fsp3) is 0.467. The molecule has 0 saturated heterocycles. The lowest BCUT2D eigenvalue weighted by atomic mass is 9.82. The van der Waals surface area contributed by atoms with E-state index < -0.39 is 17.8 Å². The topological polar surface area (TPSA) is 57.6 Å². The van der Waals surface area contributed by atoms with Crippen molar-refractivity contribution >= 4 is 23.2 Å². The van der Waals surface area contributed by atoms with Crippen molar-refractivity contribution in [1.29, 1.82) is 0 Å². The minimum absolute atomic E-state index is 0.0438. The van der Waals surface area contributed by atoms with Gasteiger partial charge in [0.1, 0.15) is 0 Å². The predicted molar refractivity (Wildman–Crippen MR) is 78.4 cm³/mol. The van der Waals surface area contributed by atoms with Crippen LogP contribution in [0.25, 0.3) is 0 Å². The molecule has 1 aromatic heterocycles. The van der Waals surface area contributed by atoms with Crippen molar-refractivity contribution in [3.8, 4) is 0 Å². The predicted octanol–water partition coefficient (Wildman–Crippen LogP) is 2.76. The van der Waals surface area contributed by atoms with Crippen molar-refractivity contribution in [1.82, 2.24) is 4.90 Å². The summed E-state index contributed by atoms with van der Waals surface area (Å²) in [5.41, 5.74) is 0. The summed E-state index contributed by atoms with van der Waals surface area (Å²) in [7, 11) is 0. The second-order valence-corrected chi connectivity index (χ2v) is 5.96. The van der Waals surface area contributed by atoms with Crippen molar-refractivity contribution in [3.63, 3.8) is 0 Å². The lowest BCUT2D eigenvalue weighted by molar-refractivity contribution is -0.150. The van der Waals surface area contributed by atoms with Gasteiger partial charge in [-0.15, -0.1) is 11.3 Å². The first kappa shape index (κ1) is 14.8. The van der Waals surface area contributed by atoms with Crippen LogP contribution in [0.15, 0.2) is 29.7 Å². The van der Waals surface area contributed by atoms with Crippen molar-refractivity contribution in [2.75, 3.05) is 6.54 Å². The Morgan fingerprint density at radius 3 is 2.60 bits per heavy atom. The van der Waals surface area contributed by atoms with Crippen LogP contribution in [0, 0.1) is 11.8 Å². The quantitative estimate of drug-likeness (QED) is 0.849. The number of nitrogens with zero attached hydrogens (tertiary/aromatic N) is 1. The van der Waals surface area contributed by atoms with E-state index in [-0.39, 0.29) is 5.91 Å². The number of carbonyl (C=O) groups excluding carboxylic acids is 1. The smallest absolute Gasteiger partial charge is 0.307 e. The number of carboxylic acids is 1. The van der Waals surface area contributed by atoms with Crippen LogP contribution >= 0.6 is 11.3 Å². The average molecular weight is 293 g/mol. The number of carboxylic acid groups (broad SMARTS) is 1. The first-order valence-corrected chi connectivity index (χ1v) is 7.70. The summed E-state index contributed by atoms with van der Waals surface area (Å²) in [4.78, 5) is 26.8. The van der Waals surface area contributed by atoms with E-state index in [0.717, 1.165) is 4.88 Å². The Balaban J connectivity index is 2.10. The summed E-state index contributed by atoms with van der Waals surface area (Å²) in [6.45, 7) is 3.10. The first-order chi connectivity index (χ1) is 9.63. The van der Waals surface area contributed by atoms with Crippen LogP contribution in [0.3, 0.4) is 0 Å². The molecule has 1 aliphatic carbocycles. The largest absolute Gasteiger partial charge is 0.481 e. The molecule has 1 heterocycles. The third-order valence-corrected chi connectivity index (χ3v) is 4.55. The normalized spacial score (nSPS) is 21.6. The van der Waals surface area contributed by atoms with E-state index in [0.29, 0.717) is 25.9 Å². The maximum atomic E-state index is 12.6. The highest BCUT2D eigenvalue weighted by atomic mass is 32.1. The maximum Gasteiger partial charge on any atom is 0.307 e. The van der Waals surface area contributed by atoms with Crippen molar-refractivity contribution < 1.29 is 14.7 Å². The molecular formula is C15H19NO3S. The number of aliphatic carboxylic acids is 1.